The van der Waals surface area contributed by atoms with Crippen LogP contribution in [-0.4, -0.2) is 27.4 Å². The number of nitrogens with zero attached hydrogens (tertiary/aromatic N) is 3. The quantitative estimate of drug-likeness (QED) is 0.0842. The lowest BCUT2D eigenvalue weighted by Gasteiger charge is -2.46. The maximum atomic E-state index is 2.66. The number of aromatic nitrogens is 1. The predicted molar refractivity (Wildman–Crippen MR) is 413 cm³/mol. The lowest BCUT2D eigenvalue weighted by Crippen LogP contribution is -2.75. The summed E-state index contributed by atoms with van der Waals surface area (Å²) in [6.45, 7) is -0.227. The van der Waals surface area contributed by atoms with E-state index in [1.54, 1.807) is 0 Å². The van der Waals surface area contributed by atoms with Gasteiger partial charge in [0.05, 0.1) is 22.4 Å². The van der Waals surface area contributed by atoms with Crippen molar-refractivity contribution in [2.24, 2.45) is 0 Å². The van der Waals surface area contributed by atoms with Crippen molar-refractivity contribution in [3.63, 3.8) is 0 Å². The highest BCUT2D eigenvalue weighted by atomic mass is 28.3. The molecule has 2 aliphatic rings. The molecule has 0 saturated heterocycles. The molecule has 0 amide bonds. The molecule has 96 heavy (non-hydrogen) atoms. The van der Waals surface area contributed by atoms with E-state index in [0.717, 1.165) is 61.8 Å². The summed E-state index contributed by atoms with van der Waals surface area (Å²) in [4.78, 5) is 5.29. The zero-order valence-corrected chi connectivity index (χ0v) is 54.9. The number of benzene rings is 15. The van der Waals surface area contributed by atoms with Gasteiger partial charge in [-0.15, -0.1) is 0 Å². The van der Waals surface area contributed by atoms with Gasteiger partial charge in [0, 0.05) is 50.3 Å². The third kappa shape index (κ3) is 8.94. The highest BCUT2D eigenvalue weighted by molar-refractivity contribution is 7.20. The van der Waals surface area contributed by atoms with Crippen molar-refractivity contribution in [2.45, 2.75) is 0 Å². The normalized spacial score (nSPS) is 12.5. The summed E-state index contributed by atoms with van der Waals surface area (Å²) in [6, 6.07) is 147. The third-order valence-electron chi connectivity index (χ3n) is 20.5. The van der Waals surface area contributed by atoms with Crippen molar-refractivity contribution in [1.82, 2.24) is 4.57 Å². The van der Waals surface area contributed by atoms with Gasteiger partial charge in [-0.2, -0.15) is 0 Å². The Balaban J connectivity index is 0.985. The van der Waals surface area contributed by atoms with Crippen LogP contribution in [0.3, 0.4) is 0 Å². The summed E-state index contributed by atoms with van der Waals surface area (Å²) < 4.78 is 2.52. The van der Waals surface area contributed by atoms with Gasteiger partial charge in [-0.1, -0.05) is 340 Å². The summed E-state index contributed by atoms with van der Waals surface area (Å²) in [5, 5.41) is 13.1. The topological polar surface area (TPSA) is 11.4 Å². The molecule has 3 nitrogen and oxygen atoms in total. The monoisotopic (exact) mass is 1250 g/mol. The first-order chi connectivity index (χ1) is 47.7. The summed E-state index contributed by atoms with van der Waals surface area (Å²) in [7, 11) is -6.03. The molecule has 450 valence electrons. The van der Waals surface area contributed by atoms with E-state index in [-0.39, 0.29) is 6.71 Å². The molecule has 0 unspecified atom stereocenters. The van der Waals surface area contributed by atoms with Gasteiger partial charge in [0.25, 0.3) is 6.71 Å². The van der Waals surface area contributed by atoms with Crippen LogP contribution in [0, 0.1) is 0 Å². The van der Waals surface area contributed by atoms with Crippen LogP contribution in [0.5, 0.6) is 0 Å². The number of hydrogen-bond donors (Lipinski definition) is 0. The molecule has 0 aliphatic carbocycles. The lowest BCUT2D eigenvalue weighted by atomic mass is 9.33. The van der Waals surface area contributed by atoms with E-state index >= 15 is 0 Å². The number of para-hydroxylation sites is 4. The fourth-order valence-corrected chi connectivity index (χ4v) is 26.0. The van der Waals surface area contributed by atoms with Crippen LogP contribution in [0.25, 0.3) is 49.7 Å². The maximum Gasteiger partial charge on any atom is 0.252 e. The van der Waals surface area contributed by atoms with E-state index in [2.05, 4.69) is 403 Å². The Labute approximate surface area is 563 Å². The summed E-state index contributed by atoms with van der Waals surface area (Å²) in [5.41, 5.74) is 18.6. The van der Waals surface area contributed by atoms with Crippen molar-refractivity contribution in [2.75, 3.05) is 9.80 Å². The minimum absolute atomic E-state index is 0.227. The summed E-state index contributed by atoms with van der Waals surface area (Å²) >= 11 is 0. The van der Waals surface area contributed by atoms with Gasteiger partial charge in [0.15, 0.2) is 16.1 Å². The molecule has 0 bridgehead atoms. The first-order valence-corrected chi connectivity index (χ1v) is 37.4. The van der Waals surface area contributed by atoms with E-state index in [1.165, 1.54) is 79.9 Å². The molecule has 1 aromatic heterocycles. The summed E-state index contributed by atoms with van der Waals surface area (Å²) in [5.74, 6) is 0. The fourth-order valence-electron chi connectivity index (χ4n) is 16.5. The highest BCUT2D eigenvalue weighted by Crippen LogP contribution is 2.50. The van der Waals surface area contributed by atoms with Crippen molar-refractivity contribution in [3.05, 3.63) is 388 Å². The van der Waals surface area contributed by atoms with Crippen LogP contribution >= 0.6 is 0 Å². The molecule has 3 heterocycles. The number of fused-ring (bicyclic) bond motifs is 7. The Hall–Kier alpha value is -11.8. The third-order valence-corrected chi connectivity index (χ3v) is 30.0. The molecular formula is C90H64BN3Si2. The van der Waals surface area contributed by atoms with E-state index in [9.17, 15) is 0 Å². The molecule has 16 aromatic rings. The van der Waals surface area contributed by atoms with Gasteiger partial charge in [-0.25, -0.2) is 0 Å². The van der Waals surface area contributed by atoms with Gasteiger partial charge in [0.2, 0.25) is 0 Å². The molecule has 15 aromatic carbocycles. The molecule has 0 spiro atoms. The van der Waals surface area contributed by atoms with Crippen LogP contribution in [0.2, 0.25) is 0 Å². The second kappa shape index (κ2) is 23.6. The largest absolute Gasteiger partial charge is 0.311 e. The van der Waals surface area contributed by atoms with Gasteiger partial charge in [-0.3, -0.25) is 0 Å². The smallest absolute Gasteiger partial charge is 0.252 e. The van der Waals surface area contributed by atoms with Crippen LogP contribution in [-0.2, 0) is 0 Å². The SMILES string of the molecule is c1ccc(-c2ccccc2N2c3ccc([Si](c4ccccc4)(c4ccccc4)c4ccccc4)cc3B3c4cccc(-c5ccccc5)c4N(c4ccc([Si](c5ccccc5)(c5ccccc5)c5ccccc5)cc4)c4cc(-n5c6ccccc6c6ccccc65)cc2c43)cc1. The fraction of sp³-hybridized carbons (Fsp3) is 0. The Kier molecular flexibility index (Phi) is 14.0. The first kappa shape index (κ1) is 56.9. The highest BCUT2D eigenvalue weighted by Gasteiger charge is 2.49. The Morgan fingerprint density at radius 2 is 0.604 bits per heavy atom. The van der Waals surface area contributed by atoms with Crippen molar-refractivity contribution < 1.29 is 0 Å². The average Bonchev–Trinajstić information content (AvgIpc) is 0.754. The zero-order valence-electron chi connectivity index (χ0n) is 52.9. The molecule has 0 saturated carbocycles. The molecular weight excluding hydrogens is 1190 g/mol. The van der Waals surface area contributed by atoms with Crippen LogP contribution in [0.4, 0.5) is 34.1 Å². The standard InChI is InChI=1S/C90H64BN3Si2/c1-9-32-65(33-10-1)77-48-25-28-53-83(77)94-86-61-60-76(96(72-42-19-6-20-43-72,73-44-21-7-22-45-73)74-46-23-8-24-47-74)64-82(86)91-81-52-31-51-78(66-34-11-2-12-35-66)90(81)93(87-62-68(63-88(94)89(87)91)92-84-54-29-26-49-79(84)80-50-27-30-55-85(80)92)67-56-58-75(59-57-67)95(69-36-13-3-14-37-69,70-38-15-4-16-39-70)71-40-17-5-18-41-71/h1-64H. The molecule has 0 fully saturated rings. The average molecular weight is 1250 g/mol. The Bertz CT molecular complexity index is 5280. The second-order valence-corrected chi connectivity index (χ2v) is 33.0. The van der Waals surface area contributed by atoms with E-state index in [1.807, 2.05) is 0 Å². The molecule has 2 aliphatic heterocycles. The number of rotatable bonds is 13. The minimum Gasteiger partial charge on any atom is -0.311 e. The van der Waals surface area contributed by atoms with E-state index in [0.29, 0.717) is 0 Å². The zero-order chi connectivity index (χ0) is 63.6. The number of hydrogen-bond acceptors (Lipinski definition) is 2. The van der Waals surface area contributed by atoms with Gasteiger partial charge < -0.3 is 14.4 Å². The molecule has 0 atom stereocenters. The van der Waals surface area contributed by atoms with E-state index < -0.39 is 16.1 Å². The molecule has 0 radical (unpaired) electrons. The first-order valence-electron chi connectivity index (χ1n) is 33.4. The van der Waals surface area contributed by atoms with Crippen LogP contribution in [0.15, 0.2) is 388 Å². The molecule has 0 N–H and O–H groups in total. The maximum absolute atomic E-state index is 3.10. The number of anilines is 6. The second-order valence-electron chi connectivity index (χ2n) is 25.4. The predicted octanol–water partition coefficient (Wildman–Crippen LogP) is 15.0. The molecule has 18 rings (SSSR count). The summed E-state index contributed by atoms with van der Waals surface area (Å²) in [6.07, 6.45) is 0. The van der Waals surface area contributed by atoms with Crippen molar-refractivity contribution in [3.8, 4) is 27.9 Å². The Morgan fingerprint density at radius 1 is 0.229 bits per heavy atom. The minimum atomic E-state index is -3.10. The van der Waals surface area contributed by atoms with Gasteiger partial charge in [-0.05, 0) is 118 Å². The Morgan fingerprint density at radius 3 is 1.09 bits per heavy atom. The van der Waals surface area contributed by atoms with Crippen LogP contribution in [0.1, 0.15) is 0 Å². The van der Waals surface area contributed by atoms with Crippen LogP contribution < -0.4 is 67.7 Å². The van der Waals surface area contributed by atoms with Crippen molar-refractivity contribution >= 4 is 137 Å². The van der Waals surface area contributed by atoms with Crippen molar-refractivity contribution in [1.29, 1.82) is 0 Å². The lowest BCUT2D eigenvalue weighted by molar-refractivity contribution is 1.16. The molecule has 6 heteroatoms. The van der Waals surface area contributed by atoms with Gasteiger partial charge >= 0.3 is 0 Å². The van der Waals surface area contributed by atoms with Gasteiger partial charge in [0.1, 0.15) is 0 Å². The van der Waals surface area contributed by atoms with E-state index in [4.69, 9.17) is 0 Å².